The number of carbonyl (C=O) groups excluding carboxylic acids is 2. The van der Waals surface area contributed by atoms with Crippen molar-refractivity contribution in [1.29, 1.82) is 0 Å². The molecular formula is C40H65N5O14. The molecule has 4 rings (SSSR count). The third kappa shape index (κ3) is 12.3. The van der Waals surface area contributed by atoms with Crippen molar-refractivity contribution in [2.45, 2.75) is 96.8 Å². The first kappa shape index (κ1) is 47.8. The minimum Gasteiger partial charge on any atom is -0.481 e. The number of aliphatic hydroxyl groups is 2. The number of rotatable bonds is 23. The van der Waals surface area contributed by atoms with E-state index in [1.165, 1.54) is 4.90 Å². The number of aliphatic hydroxyl groups excluding tert-OH is 2. The maximum atomic E-state index is 13.2. The zero-order valence-electron chi connectivity index (χ0n) is 34.5. The number of carboxylic acids is 5. The lowest BCUT2D eigenvalue weighted by molar-refractivity contribution is -0.202. The molecule has 0 aromatic carbocycles. The van der Waals surface area contributed by atoms with E-state index in [1.807, 2.05) is 0 Å². The Morgan fingerprint density at radius 1 is 0.661 bits per heavy atom. The van der Waals surface area contributed by atoms with Crippen LogP contribution in [0, 0.1) is 46.3 Å². The summed E-state index contributed by atoms with van der Waals surface area (Å²) in [5.41, 5.74) is -0.564. The molecule has 334 valence electrons. The van der Waals surface area contributed by atoms with Gasteiger partial charge in [-0.3, -0.25) is 48.3 Å². The van der Waals surface area contributed by atoms with Gasteiger partial charge in [0.05, 0.1) is 51.5 Å². The van der Waals surface area contributed by atoms with Crippen molar-refractivity contribution in [1.82, 2.24) is 25.3 Å². The predicted molar refractivity (Wildman–Crippen MR) is 209 cm³/mol. The standard InChI is InChI=1S/C40H65N5O14/c1-23(4-7-33(50)51)26-5-6-27-38-28(16-30(47)40(26,27)3)39(2)9-8-25(14-24(39)15-29(38)46)42-31(48)17-41-32(49)18-43(10-12-44(19-34(52)53)20-35(54)55)11-13-45(21-36(56)57)22-37(58)59/h23-30,38,46-47H,4-22H2,1-3H3,(H,41,49)(H,42,48)(H,50,51)(H,52,53)(H,54,55)(H,56,57)(H,58,59)/t23?,24?,25-,26+,27?,28?,29+,30-,38?,39-,40+/m0/s1. The molecule has 0 aromatic rings. The van der Waals surface area contributed by atoms with Crippen LogP contribution in [0.2, 0.25) is 0 Å². The largest absolute Gasteiger partial charge is 0.481 e. The molecule has 9 N–H and O–H groups in total. The van der Waals surface area contributed by atoms with Crippen LogP contribution in [0.15, 0.2) is 0 Å². The molecule has 19 heteroatoms. The van der Waals surface area contributed by atoms with Crippen molar-refractivity contribution in [2.24, 2.45) is 46.3 Å². The highest BCUT2D eigenvalue weighted by Gasteiger charge is 2.65. The normalized spacial score (nSPS) is 31.8. The molecule has 4 aliphatic carbocycles. The monoisotopic (exact) mass is 839 g/mol. The van der Waals surface area contributed by atoms with Crippen molar-refractivity contribution in [3.8, 4) is 0 Å². The Labute approximate surface area is 344 Å². The van der Waals surface area contributed by atoms with Gasteiger partial charge in [0.2, 0.25) is 11.8 Å². The number of carboxylic acid groups (broad SMARTS) is 5. The second-order valence-corrected chi connectivity index (χ2v) is 18.1. The van der Waals surface area contributed by atoms with Crippen molar-refractivity contribution in [2.75, 3.05) is 65.4 Å². The summed E-state index contributed by atoms with van der Waals surface area (Å²) in [6.45, 7) is 3.25. The van der Waals surface area contributed by atoms with Crippen molar-refractivity contribution in [3.05, 3.63) is 0 Å². The molecule has 0 aromatic heterocycles. The van der Waals surface area contributed by atoms with E-state index in [-0.39, 0.29) is 92.7 Å². The average molecular weight is 840 g/mol. The van der Waals surface area contributed by atoms with E-state index < -0.39 is 85.5 Å². The van der Waals surface area contributed by atoms with E-state index >= 15 is 0 Å². The molecule has 19 nitrogen and oxygen atoms in total. The summed E-state index contributed by atoms with van der Waals surface area (Å²) >= 11 is 0. The lowest BCUT2D eigenvalue weighted by atomic mass is 9.43. The molecule has 0 heterocycles. The predicted octanol–water partition coefficient (Wildman–Crippen LogP) is -0.0668. The third-order valence-electron chi connectivity index (χ3n) is 14.4. The highest BCUT2D eigenvalue weighted by molar-refractivity contribution is 5.85. The topological polar surface area (TPSA) is 295 Å². The Hall–Kier alpha value is -3.91. The van der Waals surface area contributed by atoms with Gasteiger partial charge in [0.25, 0.3) is 0 Å². The van der Waals surface area contributed by atoms with E-state index in [0.717, 1.165) is 29.1 Å². The number of hydrogen-bond acceptors (Lipinski definition) is 12. The summed E-state index contributed by atoms with van der Waals surface area (Å²) in [7, 11) is 0. The molecule has 4 saturated carbocycles. The quantitative estimate of drug-likeness (QED) is 0.0651. The fourth-order valence-electron chi connectivity index (χ4n) is 11.6. The van der Waals surface area contributed by atoms with Crippen LogP contribution in [0.1, 0.15) is 78.6 Å². The lowest BCUT2D eigenvalue weighted by Gasteiger charge is -2.63. The summed E-state index contributed by atoms with van der Waals surface area (Å²) in [6.07, 6.45) is 4.52. The Balaban J connectivity index is 1.33. The summed E-state index contributed by atoms with van der Waals surface area (Å²) in [4.78, 5) is 86.5. The number of aliphatic carboxylic acids is 5. The summed E-state index contributed by atoms with van der Waals surface area (Å²) in [5, 5.41) is 75.4. The SMILES string of the molecule is CC(CCC(=O)O)[C@H]1CCC2C3C(C[C@H](O)[C@@]21C)[C@@]1(C)CC[C@H](NC(=O)CNC(=O)CN(CCN(CC(=O)O)CC(=O)O)CCN(CC(=O)O)CC(=O)O)CC1C[C@H]3O. The van der Waals surface area contributed by atoms with E-state index in [0.29, 0.717) is 32.1 Å². The Morgan fingerprint density at radius 3 is 1.73 bits per heavy atom. The van der Waals surface area contributed by atoms with Crippen LogP contribution in [-0.2, 0) is 33.6 Å². The first-order valence-electron chi connectivity index (χ1n) is 20.8. The van der Waals surface area contributed by atoms with Crippen LogP contribution < -0.4 is 10.6 Å². The van der Waals surface area contributed by atoms with Gasteiger partial charge in [0.1, 0.15) is 0 Å². The molecule has 2 amide bonds. The third-order valence-corrected chi connectivity index (χ3v) is 14.4. The van der Waals surface area contributed by atoms with Crippen LogP contribution in [0.5, 0.6) is 0 Å². The summed E-state index contributed by atoms with van der Waals surface area (Å²) in [5.74, 6) is -6.24. The molecule has 4 fully saturated rings. The molecule has 11 atom stereocenters. The van der Waals surface area contributed by atoms with Crippen LogP contribution in [-0.4, -0.2) is 176 Å². The second kappa shape index (κ2) is 20.6. The zero-order chi connectivity index (χ0) is 43.8. The number of amides is 2. The van der Waals surface area contributed by atoms with Gasteiger partial charge >= 0.3 is 29.8 Å². The molecule has 59 heavy (non-hydrogen) atoms. The van der Waals surface area contributed by atoms with E-state index in [4.69, 9.17) is 0 Å². The van der Waals surface area contributed by atoms with E-state index in [1.54, 1.807) is 0 Å². The summed E-state index contributed by atoms with van der Waals surface area (Å²) in [6, 6.07) is -0.202. The maximum Gasteiger partial charge on any atom is 0.317 e. The van der Waals surface area contributed by atoms with Gasteiger partial charge < -0.3 is 46.4 Å². The Kier molecular flexibility index (Phi) is 16.7. The second-order valence-electron chi connectivity index (χ2n) is 18.1. The first-order chi connectivity index (χ1) is 27.6. The number of carbonyl (C=O) groups is 7. The van der Waals surface area contributed by atoms with Crippen molar-refractivity contribution >= 4 is 41.7 Å². The fourth-order valence-corrected chi connectivity index (χ4v) is 11.6. The highest BCUT2D eigenvalue weighted by atomic mass is 16.4. The van der Waals surface area contributed by atoms with Gasteiger partial charge in [0.15, 0.2) is 0 Å². The first-order valence-corrected chi connectivity index (χ1v) is 20.8. The van der Waals surface area contributed by atoms with Gasteiger partial charge in [0, 0.05) is 38.6 Å². The van der Waals surface area contributed by atoms with Gasteiger partial charge in [-0.05, 0) is 97.7 Å². The number of fused-ring (bicyclic) bond motifs is 5. The summed E-state index contributed by atoms with van der Waals surface area (Å²) < 4.78 is 0. The van der Waals surface area contributed by atoms with Crippen LogP contribution in [0.3, 0.4) is 0 Å². The fraction of sp³-hybridized carbons (Fsp3) is 0.825. The smallest absolute Gasteiger partial charge is 0.317 e. The van der Waals surface area contributed by atoms with Gasteiger partial charge in [-0.1, -0.05) is 20.8 Å². The van der Waals surface area contributed by atoms with Gasteiger partial charge in [-0.25, -0.2) is 0 Å². The van der Waals surface area contributed by atoms with Crippen LogP contribution in [0.25, 0.3) is 0 Å². The van der Waals surface area contributed by atoms with Crippen molar-refractivity contribution in [3.63, 3.8) is 0 Å². The highest BCUT2D eigenvalue weighted by Crippen LogP contribution is 2.68. The van der Waals surface area contributed by atoms with Crippen LogP contribution >= 0.6 is 0 Å². The minimum absolute atomic E-state index is 0.0202. The Morgan fingerprint density at radius 2 is 1.20 bits per heavy atom. The number of hydrogen-bond donors (Lipinski definition) is 9. The lowest BCUT2D eigenvalue weighted by Crippen LogP contribution is -2.63. The number of nitrogens with zero attached hydrogens (tertiary/aromatic N) is 3. The van der Waals surface area contributed by atoms with Crippen molar-refractivity contribution < 1.29 is 69.3 Å². The van der Waals surface area contributed by atoms with E-state index in [2.05, 4.69) is 31.4 Å². The maximum absolute atomic E-state index is 13.2. The molecule has 0 bridgehead atoms. The molecule has 4 aliphatic rings. The van der Waals surface area contributed by atoms with Gasteiger partial charge in [-0.2, -0.15) is 0 Å². The molecule has 0 radical (unpaired) electrons. The Bertz CT molecular complexity index is 1480. The molecule has 0 aliphatic heterocycles. The average Bonchev–Trinajstić information content (AvgIpc) is 3.49. The zero-order valence-corrected chi connectivity index (χ0v) is 34.5. The molecule has 0 saturated heterocycles. The molecule has 5 unspecified atom stereocenters. The minimum atomic E-state index is -1.26. The molecular weight excluding hydrogens is 774 g/mol. The van der Waals surface area contributed by atoms with E-state index in [9.17, 15) is 69.3 Å². The van der Waals surface area contributed by atoms with Gasteiger partial charge in [-0.15, -0.1) is 0 Å². The number of nitrogens with one attached hydrogen (secondary N) is 2. The van der Waals surface area contributed by atoms with Crippen LogP contribution in [0.4, 0.5) is 0 Å². The molecule has 0 spiro atoms.